The van der Waals surface area contributed by atoms with Gasteiger partial charge in [-0.15, -0.1) is 0 Å². The Labute approximate surface area is 95.6 Å². The topological polar surface area (TPSA) is 35.2 Å². The normalized spacial score (nSPS) is 27.0. The summed E-state index contributed by atoms with van der Waals surface area (Å²) in [4.78, 5) is 0. The van der Waals surface area contributed by atoms with Crippen molar-refractivity contribution in [3.8, 4) is 0 Å². The summed E-state index contributed by atoms with van der Waals surface area (Å²) < 4.78 is 19.0. The van der Waals surface area contributed by atoms with Gasteiger partial charge in [-0.25, -0.2) is 4.39 Å². The molecule has 0 aliphatic carbocycles. The van der Waals surface area contributed by atoms with Crippen LogP contribution < -0.4 is 5.73 Å². The third-order valence-electron chi connectivity index (χ3n) is 3.11. The number of hydrogen-bond donors (Lipinski definition) is 1. The molecule has 1 aromatic carbocycles. The molecule has 0 bridgehead atoms. The minimum absolute atomic E-state index is 0.0243. The molecule has 0 spiro atoms. The van der Waals surface area contributed by atoms with E-state index < -0.39 is 0 Å². The largest absolute Gasteiger partial charge is 0.373 e. The van der Waals surface area contributed by atoms with E-state index in [0.717, 1.165) is 24.0 Å². The lowest BCUT2D eigenvalue weighted by molar-refractivity contribution is 0.0401. The minimum Gasteiger partial charge on any atom is -0.373 e. The average Bonchev–Trinajstić information content (AvgIpc) is 2.62. The van der Waals surface area contributed by atoms with Crippen molar-refractivity contribution in [1.82, 2.24) is 0 Å². The van der Waals surface area contributed by atoms with Gasteiger partial charge >= 0.3 is 0 Å². The van der Waals surface area contributed by atoms with Crippen LogP contribution >= 0.6 is 0 Å². The second-order valence-corrected chi connectivity index (χ2v) is 4.65. The van der Waals surface area contributed by atoms with Crippen LogP contribution in [0.15, 0.2) is 18.2 Å². The van der Waals surface area contributed by atoms with Gasteiger partial charge in [-0.2, -0.15) is 0 Å². The number of aryl methyl sites for hydroxylation is 1. The van der Waals surface area contributed by atoms with Crippen molar-refractivity contribution in [3.63, 3.8) is 0 Å². The highest BCUT2D eigenvalue weighted by Gasteiger charge is 2.28. The predicted octanol–water partition coefficient (Wildman–Crippen LogP) is 2.70. The maximum atomic E-state index is 13.3. The van der Waals surface area contributed by atoms with Crippen molar-refractivity contribution in [2.45, 2.75) is 44.9 Å². The molecule has 0 saturated carbocycles. The van der Waals surface area contributed by atoms with Gasteiger partial charge in [0.1, 0.15) is 5.82 Å². The summed E-state index contributed by atoms with van der Waals surface area (Å²) in [6.07, 6.45) is 2.28. The fourth-order valence-electron chi connectivity index (χ4n) is 2.27. The van der Waals surface area contributed by atoms with E-state index in [-0.39, 0.29) is 24.1 Å². The predicted molar refractivity (Wildman–Crippen MR) is 61.6 cm³/mol. The van der Waals surface area contributed by atoms with Crippen LogP contribution in [0.5, 0.6) is 0 Å². The first kappa shape index (κ1) is 11.6. The highest BCUT2D eigenvalue weighted by atomic mass is 19.1. The van der Waals surface area contributed by atoms with Gasteiger partial charge in [-0.1, -0.05) is 6.07 Å². The summed E-state index contributed by atoms with van der Waals surface area (Å²) in [6, 6.07) is 4.72. The Hall–Kier alpha value is -0.930. The molecular formula is C13H18FNO. The van der Waals surface area contributed by atoms with E-state index in [4.69, 9.17) is 10.5 Å². The molecule has 88 valence electrons. The second-order valence-electron chi connectivity index (χ2n) is 4.65. The molecule has 2 nitrogen and oxygen atoms in total. The van der Waals surface area contributed by atoms with Crippen molar-refractivity contribution in [2.24, 2.45) is 5.73 Å². The van der Waals surface area contributed by atoms with E-state index in [0.29, 0.717) is 0 Å². The van der Waals surface area contributed by atoms with Gasteiger partial charge in [0.15, 0.2) is 0 Å². The van der Waals surface area contributed by atoms with Crippen LogP contribution in [-0.4, -0.2) is 12.2 Å². The number of benzene rings is 1. The molecule has 1 fully saturated rings. The lowest BCUT2D eigenvalue weighted by Gasteiger charge is -2.20. The second kappa shape index (κ2) is 4.52. The van der Waals surface area contributed by atoms with Gasteiger partial charge in [-0.3, -0.25) is 0 Å². The molecule has 3 atom stereocenters. The molecule has 0 radical (unpaired) electrons. The first-order valence-electron chi connectivity index (χ1n) is 5.74. The van der Waals surface area contributed by atoms with Crippen LogP contribution in [-0.2, 0) is 4.74 Å². The van der Waals surface area contributed by atoms with Crippen molar-refractivity contribution < 1.29 is 9.13 Å². The zero-order valence-electron chi connectivity index (χ0n) is 9.74. The summed E-state index contributed by atoms with van der Waals surface area (Å²) in [5, 5.41) is 0. The molecule has 2 N–H and O–H groups in total. The lowest BCUT2D eigenvalue weighted by Crippen LogP contribution is -2.26. The van der Waals surface area contributed by atoms with Gasteiger partial charge in [-0.05, 0) is 49.9 Å². The molecule has 1 saturated heterocycles. The van der Waals surface area contributed by atoms with Gasteiger partial charge in [0.25, 0.3) is 0 Å². The Balaban J connectivity index is 2.17. The minimum atomic E-state index is -0.225. The number of ether oxygens (including phenoxy) is 1. The van der Waals surface area contributed by atoms with Crippen LogP contribution in [0.2, 0.25) is 0 Å². The first-order valence-corrected chi connectivity index (χ1v) is 5.74. The first-order chi connectivity index (χ1) is 7.56. The van der Waals surface area contributed by atoms with Crippen LogP contribution in [0.4, 0.5) is 4.39 Å². The molecule has 0 amide bonds. The number of nitrogens with two attached hydrogens (primary N) is 1. The van der Waals surface area contributed by atoms with E-state index in [9.17, 15) is 4.39 Å². The van der Waals surface area contributed by atoms with Crippen molar-refractivity contribution in [1.29, 1.82) is 0 Å². The van der Waals surface area contributed by atoms with Crippen LogP contribution in [0.1, 0.15) is 36.9 Å². The Morgan fingerprint density at radius 3 is 2.69 bits per heavy atom. The summed E-state index contributed by atoms with van der Waals surface area (Å²) in [5.74, 6) is -0.225. The third-order valence-corrected chi connectivity index (χ3v) is 3.11. The third kappa shape index (κ3) is 2.42. The molecule has 1 aromatic rings. The fourth-order valence-corrected chi connectivity index (χ4v) is 2.27. The SMILES string of the molecule is Cc1cc(F)cc(C(N)C2CCC(C)O2)c1. The molecule has 2 rings (SSSR count). The number of halogens is 1. The zero-order chi connectivity index (χ0) is 11.7. The fraction of sp³-hybridized carbons (Fsp3) is 0.538. The maximum absolute atomic E-state index is 13.3. The summed E-state index contributed by atoms with van der Waals surface area (Å²) >= 11 is 0. The van der Waals surface area contributed by atoms with E-state index in [2.05, 4.69) is 0 Å². The smallest absolute Gasteiger partial charge is 0.123 e. The van der Waals surface area contributed by atoms with E-state index in [1.54, 1.807) is 0 Å². The molecule has 1 aliphatic rings. The van der Waals surface area contributed by atoms with Crippen LogP contribution in [0, 0.1) is 12.7 Å². The molecule has 0 aromatic heterocycles. The van der Waals surface area contributed by atoms with Gasteiger partial charge < -0.3 is 10.5 Å². The molecule has 3 heteroatoms. The summed E-state index contributed by atoms with van der Waals surface area (Å²) in [7, 11) is 0. The van der Waals surface area contributed by atoms with Crippen LogP contribution in [0.25, 0.3) is 0 Å². The number of hydrogen-bond acceptors (Lipinski definition) is 2. The Bertz CT molecular complexity index is 360. The quantitative estimate of drug-likeness (QED) is 0.836. The Morgan fingerprint density at radius 1 is 1.38 bits per heavy atom. The van der Waals surface area contributed by atoms with Gasteiger partial charge in [0.2, 0.25) is 0 Å². The molecule has 1 heterocycles. The standard InChI is InChI=1S/C13H18FNO/c1-8-5-10(7-11(14)6-8)13(15)12-4-3-9(2)16-12/h5-7,9,12-13H,3-4,15H2,1-2H3. The number of rotatable bonds is 2. The Kier molecular flexibility index (Phi) is 3.26. The lowest BCUT2D eigenvalue weighted by atomic mass is 9.98. The molecule has 3 unspecified atom stereocenters. The average molecular weight is 223 g/mol. The maximum Gasteiger partial charge on any atom is 0.123 e. The van der Waals surface area contributed by atoms with Gasteiger partial charge in [0, 0.05) is 0 Å². The van der Waals surface area contributed by atoms with Crippen molar-refractivity contribution in [3.05, 3.63) is 35.1 Å². The van der Waals surface area contributed by atoms with E-state index >= 15 is 0 Å². The highest BCUT2D eigenvalue weighted by Crippen LogP contribution is 2.29. The highest BCUT2D eigenvalue weighted by molar-refractivity contribution is 5.27. The summed E-state index contributed by atoms with van der Waals surface area (Å²) in [6.45, 7) is 3.92. The van der Waals surface area contributed by atoms with Gasteiger partial charge in [0.05, 0.1) is 18.2 Å². The van der Waals surface area contributed by atoms with Crippen molar-refractivity contribution in [2.75, 3.05) is 0 Å². The van der Waals surface area contributed by atoms with Crippen molar-refractivity contribution >= 4 is 0 Å². The molecule has 16 heavy (non-hydrogen) atoms. The van der Waals surface area contributed by atoms with E-state index in [1.165, 1.54) is 12.1 Å². The molecular weight excluding hydrogens is 205 g/mol. The van der Waals surface area contributed by atoms with Crippen LogP contribution in [0.3, 0.4) is 0 Å². The zero-order valence-corrected chi connectivity index (χ0v) is 9.74. The Morgan fingerprint density at radius 2 is 2.12 bits per heavy atom. The van der Waals surface area contributed by atoms with E-state index in [1.807, 2.05) is 19.9 Å². The summed E-state index contributed by atoms with van der Waals surface area (Å²) in [5.41, 5.74) is 7.84. The molecule has 1 aliphatic heterocycles. The monoisotopic (exact) mass is 223 g/mol.